The third kappa shape index (κ3) is 3.09. The van der Waals surface area contributed by atoms with Crippen molar-refractivity contribution in [2.45, 2.75) is 12.7 Å². The normalized spacial score (nSPS) is 11.5. The van der Waals surface area contributed by atoms with Crippen LogP contribution in [0.3, 0.4) is 0 Å². The Kier molecular flexibility index (Phi) is 3.24. The minimum Gasteiger partial charge on any atom is -0.478 e. The lowest BCUT2D eigenvalue weighted by Gasteiger charge is -2.02. The van der Waals surface area contributed by atoms with E-state index in [1.54, 1.807) is 0 Å². The molecule has 0 radical (unpaired) electrons. The van der Waals surface area contributed by atoms with Gasteiger partial charge in [0, 0.05) is 12.4 Å². The first kappa shape index (κ1) is 13.1. The van der Waals surface area contributed by atoms with E-state index in [2.05, 4.69) is 10.1 Å². The highest BCUT2D eigenvalue weighted by Gasteiger charge is 2.32. The third-order valence-electron chi connectivity index (χ3n) is 2.36. The van der Waals surface area contributed by atoms with Crippen molar-refractivity contribution in [2.75, 3.05) is 0 Å². The standard InChI is InChI=1S/C11H8F3N3O2/c12-11(13,14)8-4-16-17(5-8)6-9-2-1-7(3-15-9)10(18)19/h1-5H,6H2,(H,18,19). The van der Waals surface area contributed by atoms with Gasteiger partial charge in [0.2, 0.25) is 0 Å². The van der Waals surface area contributed by atoms with E-state index in [9.17, 15) is 18.0 Å². The molecule has 0 amide bonds. The minimum atomic E-state index is -4.43. The van der Waals surface area contributed by atoms with Gasteiger partial charge in [-0.2, -0.15) is 18.3 Å². The Bertz CT molecular complexity index is 590. The Morgan fingerprint density at radius 3 is 2.53 bits per heavy atom. The van der Waals surface area contributed by atoms with E-state index in [0.717, 1.165) is 23.3 Å². The molecular formula is C11H8F3N3O2. The molecule has 5 nitrogen and oxygen atoms in total. The summed E-state index contributed by atoms with van der Waals surface area (Å²) < 4.78 is 38.1. The number of pyridine rings is 1. The second-order valence-electron chi connectivity index (χ2n) is 3.77. The van der Waals surface area contributed by atoms with Gasteiger partial charge in [0.15, 0.2) is 0 Å². The molecule has 0 saturated heterocycles. The number of aromatic carboxylic acids is 1. The largest absolute Gasteiger partial charge is 0.478 e. The van der Waals surface area contributed by atoms with Crippen LogP contribution < -0.4 is 0 Å². The van der Waals surface area contributed by atoms with E-state index in [-0.39, 0.29) is 12.1 Å². The Morgan fingerprint density at radius 2 is 2.05 bits per heavy atom. The van der Waals surface area contributed by atoms with Crippen LogP contribution in [0, 0.1) is 0 Å². The molecule has 0 atom stereocenters. The Labute approximate surface area is 105 Å². The fourth-order valence-corrected chi connectivity index (χ4v) is 1.41. The zero-order chi connectivity index (χ0) is 14.0. The molecule has 0 bridgehead atoms. The van der Waals surface area contributed by atoms with Gasteiger partial charge in [-0.05, 0) is 12.1 Å². The fourth-order valence-electron chi connectivity index (χ4n) is 1.41. The van der Waals surface area contributed by atoms with Crippen LogP contribution in [0.25, 0.3) is 0 Å². The molecule has 8 heteroatoms. The van der Waals surface area contributed by atoms with E-state index in [1.807, 2.05) is 0 Å². The van der Waals surface area contributed by atoms with Crippen LogP contribution in [0.15, 0.2) is 30.7 Å². The van der Waals surface area contributed by atoms with Crippen molar-refractivity contribution >= 4 is 5.97 Å². The summed E-state index contributed by atoms with van der Waals surface area (Å²) in [4.78, 5) is 14.4. The SMILES string of the molecule is O=C(O)c1ccc(Cn2cc(C(F)(F)F)cn2)nc1. The predicted octanol–water partition coefficient (Wildman–Crippen LogP) is 2.04. The number of alkyl halides is 3. The Balaban J connectivity index is 2.13. The maximum atomic E-state index is 12.3. The lowest BCUT2D eigenvalue weighted by atomic mass is 10.2. The number of rotatable bonds is 3. The molecule has 2 aromatic rings. The molecule has 2 rings (SSSR count). The summed E-state index contributed by atoms with van der Waals surface area (Å²) in [5, 5.41) is 12.3. The Hall–Kier alpha value is -2.38. The van der Waals surface area contributed by atoms with Gasteiger partial charge in [0.05, 0.1) is 29.6 Å². The van der Waals surface area contributed by atoms with Crippen molar-refractivity contribution in [3.05, 3.63) is 47.5 Å². The molecule has 0 aliphatic rings. The molecule has 2 aromatic heterocycles. The molecule has 1 N–H and O–H groups in total. The van der Waals surface area contributed by atoms with Gasteiger partial charge in [-0.15, -0.1) is 0 Å². The summed E-state index contributed by atoms with van der Waals surface area (Å²) in [7, 11) is 0. The van der Waals surface area contributed by atoms with Gasteiger partial charge in [0.1, 0.15) is 0 Å². The van der Waals surface area contributed by atoms with Crippen LogP contribution in [0.4, 0.5) is 13.2 Å². The van der Waals surface area contributed by atoms with Gasteiger partial charge in [-0.3, -0.25) is 9.67 Å². The molecule has 19 heavy (non-hydrogen) atoms. The van der Waals surface area contributed by atoms with Crippen molar-refractivity contribution in [1.29, 1.82) is 0 Å². The number of hydrogen-bond donors (Lipinski definition) is 1. The number of carbonyl (C=O) groups is 1. The zero-order valence-electron chi connectivity index (χ0n) is 9.42. The maximum Gasteiger partial charge on any atom is 0.419 e. The van der Waals surface area contributed by atoms with Crippen LogP contribution >= 0.6 is 0 Å². The molecule has 2 heterocycles. The van der Waals surface area contributed by atoms with E-state index in [4.69, 9.17) is 5.11 Å². The average Bonchev–Trinajstić information content (AvgIpc) is 2.78. The van der Waals surface area contributed by atoms with Crippen molar-refractivity contribution < 1.29 is 23.1 Å². The highest BCUT2D eigenvalue weighted by Crippen LogP contribution is 2.28. The second kappa shape index (κ2) is 4.71. The molecule has 0 aromatic carbocycles. The number of carboxylic acids is 1. The first-order chi connectivity index (χ1) is 8.86. The first-order valence-corrected chi connectivity index (χ1v) is 5.14. The monoisotopic (exact) mass is 271 g/mol. The highest BCUT2D eigenvalue weighted by atomic mass is 19.4. The van der Waals surface area contributed by atoms with E-state index in [0.29, 0.717) is 5.69 Å². The summed E-state index contributed by atoms with van der Waals surface area (Å²) in [6.45, 7) is 0.0377. The molecule has 0 spiro atoms. The van der Waals surface area contributed by atoms with Crippen molar-refractivity contribution in [2.24, 2.45) is 0 Å². The quantitative estimate of drug-likeness (QED) is 0.927. The molecule has 0 fully saturated rings. The van der Waals surface area contributed by atoms with Crippen LogP contribution in [0.5, 0.6) is 0 Å². The minimum absolute atomic E-state index is 0.0141. The molecule has 0 saturated carbocycles. The van der Waals surface area contributed by atoms with Gasteiger partial charge in [0.25, 0.3) is 0 Å². The molecule has 100 valence electrons. The summed E-state index contributed by atoms with van der Waals surface area (Å²) in [5.74, 6) is -1.11. The summed E-state index contributed by atoms with van der Waals surface area (Å²) in [6.07, 6.45) is -1.69. The smallest absolute Gasteiger partial charge is 0.419 e. The second-order valence-corrected chi connectivity index (χ2v) is 3.77. The first-order valence-electron chi connectivity index (χ1n) is 5.14. The summed E-state index contributed by atoms with van der Waals surface area (Å²) in [5.41, 5.74) is -0.406. The van der Waals surface area contributed by atoms with E-state index in [1.165, 1.54) is 12.1 Å². The molecule has 0 unspecified atom stereocenters. The van der Waals surface area contributed by atoms with Crippen LogP contribution in [0.1, 0.15) is 21.6 Å². The van der Waals surface area contributed by atoms with Gasteiger partial charge in [-0.25, -0.2) is 4.79 Å². The fraction of sp³-hybridized carbons (Fsp3) is 0.182. The van der Waals surface area contributed by atoms with Crippen LogP contribution in [0.2, 0.25) is 0 Å². The average molecular weight is 271 g/mol. The highest BCUT2D eigenvalue weighted by molar-refractivity contribution is 5.87. The number of hydrogen-bond acceptors (Lipinski definition) is 3. The number of halogens is 3. The van der Waals surface area contributed by atoms with Crippen molar-refractivity contribution in [3.63, 3.8) is 0 Å². The van der Waals surface area contributed by atoms with E-state index < -0.39 is 17.7 Å². The third-order valence-corrected chi connectivity index (χ3v) is 2.36. The van der Waals surface area contributed by atoms with Gasteiger partial charge >= 0.3 is 12.1 Å². The molecule has 0 aliphatic heterocycles. The lowest BCUT2D eigenvalue weighted by molar-refractivity contribution is -0.137. The Morgan fingerprint density at radius 1 is 1.32 bits per heavy atom. The van der Waals surface area contributed by atoms with Gasteiger partial charge < -0.3 is 5.11 Å². The van der Waals surface area contributed by atoms with Crippen LogP contribution in [-0.4, -0.2) is 25.8 Å². The lowest BCUT2D eigenvalue weighted by Crippen LogP contribution is -2.05. The topological polar surface area (TPSA) is 68.0 Å². The maximum absolute atomic E-state index is 12.3. The number of aromatic nitrogens is 3. The van der Waals surface area contributed by atoms with Crippen LogP contribution in [-0.2, 0) is 12.7 Å². The summed E-state index contributed by atoms with van der Waals surface area (Å²) in [6, 6.07) is 2.76. The molecule has 0 aliphatic carbocycles. The van der Waals surface area contributed by atoms with E-state index >= 15 is 0 Å². The number of nitrogens with zero attached hydrogens (tertiary/aromatic N) is 3. The van der Waals surface area contributed by atoms with Crippen molar-refractivity contribution in [1.82, 2.24) is 14.8 Å². The van der Waals surface area contributed by atoms with Crippen molar-refractivity contribution in [3.8, 4) is 0 Å². The summed E-state index contributed by atoms with van der Waals surface area (Å²) >= 11 is 0. The predicted molar refractivity (Wildman–Crippen MR) is 57.5 cm³/mol. The van der Waals surface area contributed by atoms with Gasteiger partial charge in [-0.1, -0.05) is 0 Å². The number of carboxylic acid groups (broad SMARTS) is 1. The molecular weight excluding hydrogens is 263 g/mol. The zero-order valence-corrected chi connectivity index (χ0v) is 9.42.